The van der Waals surface area contributed by atoms with Crippen LogP contribution in [0.2, 0.25) is 0 Å². The fraction of sp³-hybridized carbons (Fsp3) is 0.471. The van der Waals surface area contributed by atoms with Gasteiger partial charge in [0, 0.05) is 24.9 Å². The fourth-order valence-electron chi connectivity index (χ4n) is 3.27. The van der Waals surface area contributed by atoms with Crippen molar-refractivity contribution in [3.8, 4) is 0 Å². The number of likely N-dealkylation sites (tertiary alicyclic amines) is 1. The summed E-state index contributed by atoms with van der Waals surface area (Å²) in [6.07, 6.45) is 3.08. The summed E-state index contributed by atoms with van der Waals surface area (Å²) in [4.78, 5) is 25.1. The van der Waals surface area contributed by atoms with Crippen molar-refractivity contribution in [1.82, 2.24) is 15.1 Å². The fourth-order valence-corrected chi connectivity index (χ4v) is 3.27. The second kappa shape index (κ2) is 6.81. The van der Waals surface area contributed by atoms with Crippen molar-refractivity contribution < 1.29 is 14.7 Å². The molecule has 2 aromatic rings. The Bertz CT molecular complexity index is 710. The van der Waals surface area contributed by atoms with Gasteiger partial charge in [0.25, 0.3) is 0 Å². The van der Waals surface area contributed by atoms with E-state index in [1.54, 1.807) is 0 Å². The van der Waals surface area contributed by atoms with Crippen LogP contribution in [0.4, 0.5) is 0 Å². The van der Waals surface area contributed by atoms with Crippen molar-refractivity contribution >= 4 is 22.8 Å². The van der Waals surface area contributed by atoms with Crippen molar-refractivity contribution in [2.24, 2.45) is 5.92 Å². The van der Waals surface area contributed by atoms with Gasteiger partial charge < -0.3 is 10.0 Å². The number of H-pyrrole nitrogens is 1. The number of aromatic nitrogens is 2. The minimum absolute atomic E-state index is 0.0828. The Hall–Kier alpha value is -2.37. The first-order valence-electron chi connectivity index (χ1n) is 8.05. The maximum Gasteiger partial charge on any atom is 0.303 e. The first-order chi connectivity index (χ1) is 11.1. The molecule has 23 heavy (non-hydrogen) atoms. The molecule has 1 amide bonds. The van der Waals surface area contributed by atoms with Gasteiger partial charge in [0.05, 0.1) is 17.6 Å². The Morgan fingerprint density at radius 1 is 1.35 bits per heavy atom. The molecule has 122 valence electrons. The third kappa shape index (κ3) is 3.70. The molecule has 1 aromatic heterocycles. The van der Waals surface area contributed by atoms with E-state index in [1.807, 2.05) is 29.2 Å². The number of hydrogen-bond donors (Lipinski definition) is 2. The van der Waals surface area contributed by atoms with Gasteiger partial charge in [-0.15, -0.1) is 0 Å². The SMILES string of the molecule is O=C(O)CCC1CCCN(C(=O)Cc2[nH]nc3ccccc23)C1. The predicted octanol–water partition coefficient (Wildman–Crippen LogP) is 2.21. The van der Waals surface area contributed by atoms with Crippen LogP contribution in [-0.2, 0) is 16.0 Å². The highest BCUT2D eigenvalue weighted by atomic mass is 16.4. The Labute approximate surface area is 134 Å². The molecule has 1 aromatic carbocycles. The van der Waals surface area contributed by atoms with Crippen LogP contribution in [-0.4, -0.2) is 45.2 Å². The van der Waals surface area contributed by atoms with Gasteiger partial charge in [0.2, 0.25) is 5.91 Å². The number of fused-ring (bicyclic) bond motifs is 1. The molecule has 1 saturated heterocycles. The van der Waals surface area contributed by atoms with Gasteiger partial charge in [-0.1, -0.05) is 18.2 Å². The summed E-state index contributed by atoms with van der Waals surface area (Å²) < 4.78 is 0. The molecule has 6 heteroatoms. The maximum absolute atomic E-state index is 12.6. The number of carboxylic acids is 1. The molecule has 1 aliphatic rings. The summed E-state index contributed by atoms with van der Waals surface area (Å²) in [5.41, 5.74) is 1.71. The lowest BCUT2D eigenvalue weighted by molar-refractivity contribution is -0.137. The van der Waals surface area contributed by atoms with Crippen molar-refractivity contribution in [1.29, 1.82) is 0 Å². The van der Waals surface area contributed by atoms with Crippen LogP contribution in [0.25, 0.3) is 10.9 Å². The molecule has 1 fully saturated rings. The van der Waals surface area contributed by atoms with Gasteiger partial charge >= 0.3 is 5.97 Å². The third-order valence-corrected chi connectivity index (χ3v) is 4.51. The summed E-state index contributed by atoms with van der Waals surface area (Å²) in [6, 6.07) is 7.75. The smallest absolute Gasteiger partial charge is 0.303 e. The summed E-state index contributed by atoms with van der Waals surface area (Å²) >= 11 is 0. The standard InChI is InChI=1S/C17H21N3O3/c21-16(10-15-13-5-1-2-6-14(13)18-19-15)20-9-3-4-12(11-20)7-8-17(22)23/h1-2,5-6,12H,3-4,7-11H2,(H,18,19)(H,22,23). The van der Waals surface area contributed by atoms with Gasteiger partial charge in [0.1, 0.15) is 0 Å². The summed E-state index contributed by atoms with van der Waals surface area (Å²) in [7, 11) is 0. The van der Waals surface area contributed by atoms with Crippen LogP contribution in [0.1, 0.15) is 31.4 Å². The molecule has 6 nitrogen and oxygen atoms in total. The molecule has 0 radical (unpaired) electrons. The van der Waals surface area contributed by atoms with E-state index >= 15 is 0 Å². The maximum atomic E-state index is 12.6. The number of aliphatic carboxylic acids is 1. The van der Waals surface area contributed by atoms with Crippen LogP contribution in [0.3, 0.4) is 0 Å². The zero-order chi connectivity index (χ0) is 16.2. The highest BCUT2D eigenvalue weighted by molar-refractivity contribution is 5.87. The number of aromatic amines is 1. The van der Waals surface area contributed by atoms with E-state index in [2.05, 4.69) is 10.2 Å². The predicted molar refractivity (Wildman–Crippen MR) is 86.0 cm³/mol. The van der Waals surface area contributed by atoms with Crippen LogP contribution >= 0.6 is 0 Å². The quantitative estimate of drug-likeness (QED) is 0.885. The molecule has 0 aliphatic carbocycles. The van der Waals surface area contributed by atoms with E-state index in [-0.39, 0.29) is 12.3 Å². The molecular weight excluding hydrogens is 294 g/mol. The number of nitrogens with zero attached hydrogens (tertiary/aromatic N) is 2. The number of benzene rings is 1. The number of rotatable bonds is 5. The van der Waals surface area contributed by atoms with Crippen molar-refractivity contribution in [2.45, 2.75) is 32.1 Å². The average molecular weight is 315 g/mol. The Balaban J connectivity index is 1.62. The lowest BCUT2D eigenvalue weighted by atomic mass is 9.93. The molecule has 1 unspecified atom stereocenters. The Kier molecular flexibility index (Phi) is 4.60. The van der Waals surface area contributed by atoms with E-state index in [1.165, 1.54) is 0 Å². The van der Waals surface area contributed by atoms with Crippen molar-refractivity contribution in [3.05, 3.63) is 30.0 Å². The molecule has 0 spiro atoms. The number of carbonyl (C=O) groups is 2. The average Bonchev–Trinajstić information content (AvgIpc) is 2.96. The lowest BCUT2D eigenvalue weighted by Crippen LogP contribution is -2.40. The number of amides is 1. The number of nitrogens with one attached hydrogen (secondary N) is 1. The van der Waals surface area contributed by atoms with Crippen molar-refractivity contribution in [3.63, 3.8) is 0 Å². The van der Waals surface area contributed by atoms with Gasteiger partial charge in [-0.3, -0.25) is 14.7 Å². The number of carboxylic acid groups (broad SMARTS) is 1. The lowest BCUT2D eigenvalue weighted by Gasteiger charge is -2.32. The van der Waals surface area contributed by atoms with Gasteiger partial charge in [-0.05, 0) is 31.2 Å². The first-order valence-corrected chi connectivity index (χ1v) is 8.05. The largest absolute Gasteiger partial charge is 0.481 e. The minimum atomic E-state index is -0.766. The van der Waals surface area contributed by atoms with Gasteiger partial charge in [-0.2, -0.15) is 5.10 Å². The zero-order valence-corrected chi connectivity index (χ0v) is 13.0. The minimum Gasteiger partial charge on any atom is -0.481 e. The zero-order valence-electron chi connectivity index (χ0n) is 13.0. The summed E-state index contributed by atoms with van der Waals surface area (Å²) in [5, 5.41) is 17.0. The second-order valence-electron chi connectivity index (χ2n) is 6.18. The Morgan fingerprint density at radius 3 is 3.00 bits per heavy atom. The van der Waals surface area contributed by atoms with E-state index in [0.29, 0.717) is 25.3 Å². The normalized spacial score (nSPS) is 18.3. The second-order valence-corrected chi connectivity index (χ2v) is 6.18. The summed E-state index contributed by atoms with van der Waals surface area (Å²) in [5.74, 6) is -0.390. The molecule has 3 rings (SSSR count). The number of hydrogen-bond acceptors (Lipinski definition) is 3. The van der Waals surface area contributed by atoms with Crippen LogP contribution in [0, 0.1) is 5.92 Å². The summed E-state index contributed by atoms with van der Waals surface area (Å²) in [6.45, 7) is 1.42. The molecule has 0 saturated carbocycles. The number of piperidine rings is 1. The van der Waals surface area contributed by atoms with Crippen LogP contribution in [0.5, 0.6) is 0 Å². The first kappa shape index (κ1) is 15.5. The van der Waals surface area contributed by atoms with E-state index in [4.69, 9.17) is 5.11 Å². The highest BCUT2D eigenvalue weighted by Gasteiger charge is 2.24. The van der Waals surface area contributed by atoms with E-state index in [9.17, 15) is 9.59 Å². The van der Waals surface area contributed by atoms with Crippen LogP contribution in [0.15, 0.2) is 24.3 Å². The topological polar surface area (TPSA) is 86.3 Å². The van der Waals surface area contributed by atoms with Crippen LogP contribution < -0.4 is 0 Å². The molecule has 1 aliphatic heterocycles. The number of carbonyl (C=O) groups excluding carboxylic acids is 1. The van der Waals surface area contributed by atoms with Gasteiger partial charge in [-0.25, -0.2) is 0 Å². The van der Waals surface area contributed by atoms with Crippen molar-refractivity contribution in [2.75, 3.05) is 13.1 Å². The number of para-hydroxylation sites is 1. The molecule has 2 heterocycles. The third-order valence-electron chi connectivity index (χ3n) is 4.51. The molecule has 0 bridgehead atoms. The highest BCUT2D eigenvalue weighted by Crippen LogP contribution is 2.22. The Morgan fingerprint density at radius 2 is 2.17 bits per heavy atom. The molecule has 1 atom stereocenters. The molecule has 2 N–H and O–H groups in total. The van der Waals surface area contributed by atoms with Gasteiger partial charge in [0.15, 0.2) is 0 Å². The molecular formula is C17H21N3O3. The van der Waals surface area contributed by atoms with E-state index in [0.717, 1.165) is 36.0 Å². The van der Waals surface area contributed by atoms with E-state index < -0.39 is 5.97 Å². The monoisotopic (exact) mass is 315 g/mol.